The third-order valence-electron chi connectivity index (χ3n) is 2.85. The fourth-order valence-electron chi connectivity index (χ4n) is 1.90. The van der Waals surface area contributed by atoms with Crippen molar-refractivity contribution in [1.82, 2.24) is 0 Å². The van der Waals surface area contributed by atoms with Gasteiger partial charge in [-0.15, -0.1) is 0 Å². The van der Waals surface area contributed by atoms with Crippen molar-refractivity contribution in [2.45, 2.75) is 13.5 Å². The number of aldehydes is 1. The van der Waals surface area contributed by atoms with Gasteiger partial charge in [0.2, 0.25) is 0 Å². The van der Waals surface area contributed by atoms with Crippen molar-refractivity contribution in [2.75, 3.05) is 0 Å². The highest BCUT2D eigenvalue weighted by atomic mass is 16.6. The molecule has 0 aromatic heterocycles. The van der Waals surface area contributed by atoms with Gasteiger partial charge in [-0.25, -0.2) is 0 Å². The number of carbonyl (C=O) groups excluding carboxylic acids is 1. The first-order chi connectivity index (χ1) is 9.61. The van der Waals surface area contributed by atoms with Gasteiger partial charge in [-0.3, -0.25) is 14.9 Å². The largest absolute Gasteiger partial charge is 0.488 e. The molecule has 20 heavy (non-hydrogen) atoms. The van der Waals surface area contributed by atoms with Gasteiger partial charge in [0.15, 0.2) is 6.29 Å². The first kappa shape index (κ1) is 13.7. The van der Waals surface area contributed by atoms with Gasteiger partial charge in [0, 0.05) is 12.1 Å². The van der Waals surface area contributed by atoms with Crippen LogP contribution in [0, 0.1) is 17.0 Å². The van der Waals surface area contributed by atoms with Gasteiger partial charge in [-0.05, 0) is 18.1 Å². The predicted octanol–water partition coefficient (Wildman–Crippen LogP) is 3.29. The summed E-state index contributed by atoms with van der Waals surface area (Å²) in [5.74, 6) is 0.384. The molecule has 0 aliphatic rings. The number of nitro benzene ring substituents is 1. The molecule has 0 bridgehead atoms. The van der Waals surface area contributed by atoms with E-state index in [1.165, 1.54) is 12.1 Å². The van der Waals surface area contributed by atoms with Crippen LogP contribution in [-0.2, 0) is 6.61 Å². The maximum absolute atomic E-state index is 11.1. The summed E-state index contributed by atoms with van der Waals surface area (Å²) in [6.07, 6.45) is 0.570. The molecule has 0 spiro atoms. The maximum Gasteiger partial charge on any atom is 0.270 e. The molecular formula is C15H13NO4. The van der Waals surface area contributed by atoms with Gasteiger partial charge in [-0.2, -0.15) is 0 Å². The molecule has 2 aromatic carbocycles. The molecule has 2 aromatic rings. The Hall–Kier alpha value is -2.69. The van der Waals surface area contributed by atoms with Crippen LogP contribution in [0.2, 0.25) is 0 Å². The minimum Gasteiger partial charge on any atom is -0.488 e. The molecule has 102 valence electrons. The first-order valence-corrected chi connectivity index (χ1v) is 6.02. The molecule has 5 nitrogen and oxygen atoms in total. The summed E-state index contributed by atoms with van der Waals surface area (Å²) in [5, 5.41) is 10.8. The molecule has 0 fully saturated rings. The van der Waals surface area contributed by atoms with Crippen molar-refractivity contribution in [2.24, 2.45) is 0 Å². The van der Waals surface area contributed by atoms with Gasteiger partial charge in [0.05, 0.1) is 10.5 Å². The number of rotatable bonds is 5. The molecule has 2 rings (SSSR count). The lowest BCUT2D eigenvalue weighted by Crippen LogP contribution is -2.01. The Morgan fingerprint density at radius 1 is 1.25 bits per heavy atom. The second-order valence-corrected chi connectivity index (χ2v) is 4.33. The highest BCUT2D eigenvalue weighted by molar-refractivity contribution is 5.81. The van der Waals surface area contributed by atoms with Gasteiger partial charge < -0.3 is 4.74 Å². The van der Waals surface area contributed by atoms with Crippen molar-refractivity contribution in [3.8, 4) is 5.75 Å². The Morgan fingerprint density at radius 2 is 1.95 bits per heavy atom. The number of ether oxygens (including phenoxy) is 1. The van der Waals surface area contributed by atoms with E-state index in [0.29, 0.717) is 24.2 Å². The van der Waals surface area contributed by atoms with Crippen LogP contribution in [0.3, 0.4) is 0 Å². The third-order valence-corrected chi connectivity index (χ3v) is 2.85. The minimum atomic E-state index is -0.527. The molecule has 0 amide bonds. The molecule has 0 N–H and O–H groups in total. The third kappa shape index (κ3) is 3.00. The number of hydrogen-bond acceptors (Lipinski definition) is 4. The standard InChI is InChI=1S/C15H13NO4/c1-11-7-14(16(18)19)8-13(9-17)15(11)20-10-12-5-3-2-4-6-12/h2-9H,10H2,1H3. The second-order valence-electron chi connectivity index (χ2n) is 4.33. The predicted molar refractivity (Wildman–Crippen MR) is 74.0 cm³/mol. The number of aryl methyl sites for hydroxylation is 1. The zero-order chi connectivity index (χ0) is 14.5. The number of hydrogen-bond donors (Lipinski definition) is 0. The normalized spacial score (nSPS) is 10.1. The van der Waals surface area contributed by atoms with Crippen molar-refractivity contribution in [3.05, 3.63) is 69.3 Å². The zero-order valence-electron chi connectivity index (χ0n) is 10.9. The molecular weight excluding hydrogens is 258 g/mol. The van der Waals surface area contributed by atoms with Crippen molar-refractivity contribution >= 4 is 12.0 Å². The molecule has 0 saturated heterocycles. The Morgan fingerprint density at radius 3 is 2.55 bits per heavy atom. The van der Waals surface area contributed by atoms with E-state index >= 15 is 0 Å². The fourth-order valence-corrected chi connectivity index (χ4v) is 1.90. The maximum atomic E-state index is 11.1. The van der Waals surface area contributed by atoms with Gasteiger partial charge in [0.1, 0.15) is 12.4 Å². The first-order valence-electron chi connectivity index (χ1n) is 6.02. The zero-order valence-corrected chi connectivity index (χ0v) is 10.9. The van der Waals surface area contributed by atoms with Crippen LogP contribution in [0.4, 0.5) is 5.69 Å². The van der Waals surface area contributed by atoms with Crippen LogP contribution in [0.15, 0.2) is 42.5 Å². The minimum absolute atomic E-state index is 0.114. The molecule has 0 aliphatic heterocycles. The van der Waals surface area contributed by atoms with Gasteiger partial charge in [-0.1, -0.05) is 30.3 Å². The van der Waals surface area contributed by atoms with E-state index in [1.54, 1.807) is 6.92 Å². The van der Waals surface area contributed by atoms with Crippen LogP contribution in [0.25, 0.3) is 0 Å². The summed E-state index contributed by atoms with van der Waals surface area (Å²) in [6.45, 7) is 1.99. The van der Waals surface area contributed by atoms with E-state index in [0.717, 1.165) is 5.56 Å². The molecule has 0 atom stereocenters. The SMILES string of the molecule is Cc1cc([N+](=O)[O-])cc(C=O)c1OCc1ccccc1. The Balaban J connectivity index is 2.27. The monoisotopic (exact) mass is 271 g/mol. The summed E-state index contributed by atoms with van der Waals surface area (Å²) in [6, 6.07) is 12.1. The van der Waals surface area contributed by atoms with Crippen LogP contribution >= 0.6 is 0 Å². The fraction of sp³-hybridized carbons (Fsp3) is 0.133. The molecule has 0 saturated carbocycles. The quantitative estimate of drug-likeness (QED) is 0.475. The van der Waals surface area contributed by atoms with E-state index < -0.39 is 4.92 Å². The summed E-state index contributed by atoms with van der Waals surface area (Å²) in [7, 11) is 0. The molecule has 0 heterocycles. The number of benzene rings is 2. The Labute approximate surface area is 116 Å². The summed E-state index contributed by atoms with van der Waals surface area (Å²) < 4.78 is 5.63. The van der Waals surface area contributed by atoms with Crippen LogP contribution in [0.5, 0.6) is 5.75 Å². The van der Waals surface area contributed by atoms with Crippen molar-refractivity contribution in [1.29, 1.82) is 0 Å². The summed E-state index contributed by atoms with van der Waals surface area (Å²) in [5.41, 5.74) is 1.60. The molecule has 0 radical (unpaired) electrons. The average Bonchev–Trinajstić information content (AvgIpc) is 2.46. The van der Waals surface area contributed by atoms with E-state index in [-0.39, 0.29) is 11.3 Å². The lowest BCUT2D eigenvalue weighted by molar-refractivity contribution is -0.384. The van der Waals surface area contributed by atoms with E-state index in [4.69, 9.17) is 4.74 Å². The summed E-state index contributed by atoms with van der Waals surface area (Å²) in [4.78, 5) is 21.3. The van der Waals surface area contributed by atoms with Crippen LogP contribution in [0.1, 0.15) is 21.5 Å². The highest BCUT2D eigenvalue weighted by Crippen LogP contribution is 2.28. The number of carbonyl (C=O) groups is 1. The lowest BCUT2D eigenvalue weighted by Gasteiger charge is -2.11. The Bertz CT molecular complexity index is 638. The molecule has 0 unspecified atom stereocenters. The lowest BCUT2D eigenvalue weighted by atomic mass is 10.1. The number of nitro groups is 1. The van der Waals surface area contributed by atoms with E-state index in [2.05, 4.69) is 0 Å². The topological polar surface area (TPSA) is 69.4 Å². The average molecular weight is 271 g/mol. The van der Waals surface area contributed by atoms with Crippen LogP contribution in [-0.4, -0.2) is 11.2 Å². The van der Waals surface area contributed by atoms with E-state index in [1.807, 2.05) is 30.3 Å². The Kier molecular flexibility index (Phi) is 4.10. The summed E-state index contributed by atoms with van der Waals surface area (Å²) >= 11 is 0. The number of non-ortho nitro benzene ring substituents is 1. The molecule has 0 aliphatic carbocycles. The van der Waals surface area contributed by atoms with Crippen LogP contribution < -0.4 is 4.74 Å². The smallest absolute Gasteiger partial charge is 0.270 e. The number of nitrogens with zero attached hydrogens (tertiary/aromatic N) is 1. The van der Waals surface area contributed by atoms with Gasteiger partial charge >= 0.3 is 0 Å². The van der Waals surface area contributed by atoms with E-state index in [9.17, 15) is 14.9 Å². The van der Waals surface area contributed by atoms with Gasteiger partial charge in [0.25, 0.3) is 5.69 Å². The van der Waals surface area contributed by atoms with Crippen molar-refractivity contribution in [3.63, 3.8) is 0 Å². The second kappa shape index (κ2) is 5.97. The highest BCUT2D eigenvalue weighted by Gasteiger charge is 2.15. The molecule has 5 heteroatoms. The van der Waals surface area contributed by atoms with Crippen molar-refractivity contribution < 1.29 is 14.5 Å².